The molecule has 1 aliphatic carbocycles. The standard InChI is InChI=1S/C47H43N4.C5H8O2.Ir/c1-45(2,3)32-22-17-29(18-23-32)42-49-43(30-19-24-33(25-20-30)46(4,5)6)51-44(50-42)37-28-41(48-40-16-12-10-14-36(37)40)31-21-26-35-34-13-9-11-15-38(34)47(7,8)39(35)27-31;1-4(6)3-5(2)7;/h9-20,22-28H,1-8H3;3,6H,1-2H3;/q-1;;/p+1/b;4-3-;. The smallest absolute Gasteiger partial charge is 0.316 e. The van der Waals surface area contributed by atoms with Crippen LogP contribution in [0, 0.1) is 6.07 Å². The normalized spacial score (nSPS) is 13.2. The van der Waals surface area contributed by atoms with Crippen molar-refractivity contribution in [2.75, 3.05) is 0 Å². The van der Waals surface area contributed by atoms with Gasteiger partial charge < -0.3 is 5.11 Å². The molecule has 0 aliphatic heterocycles. The molecule has 0 saturated heterocycles. The number of hydrogen-bond acceptors (Lipinski definition) is 5. The molecule has 2 heterocycles. The van der Waals surface area contributed by atoms with Crippen molar-refractivity contribution in [3.05, 3.63) is 155 Å². The van der Waals surface area contributed by atoms with E-state index in [9.17, 15) is 0 Å². The predicted molar refractivity (Wildman–Crippen MR) is 240 cm³/mol. The monoisotopic (exact) mass is 957 g/mol. The number of aliphatic hydroxyl groups excluding tert-OH is 1. The zero-order valence-corrected chi connectivity index (χ0v) is 38.0. The minimum absolute atomic E-state index is 0. The number of para-hydroxylation sites is 1. The van der Waals surface area contributed by atoms with Crippen molar-refractivity contribution in [2.45, 2.75) is 85.5 Å². The van der Waals surface area contributed by atoms with E-state index in [-0.39, 0.29) is 47.9 Å². The number of hydrogen-bond donors (Lipinski definition) is 1. The third kappa shape index (κ3) is 9.02. The van der Waals surface area contributed by atoms with Gasteiger partial charge in [0.05, 0.1) is 24.3 Å². The second-order valence-electron chi connectivity index (χ2n) is 17.8. The summed E-state index contributed by atoms with van der Waals surface area (Å²) in [5, 5.41) is 9.39. The quantitative estimate of drug-likeness (QED) is 0.0803. The van der Waals surface area contributed by atoms with Gasteiger partial charge in [0, 0.05) is 42.2 Å². The summed E-state index contributed by atoms with van der Waals surface area (Å²) in [5.74, 6) is 2.14. The van der Waals surface area contributed by atoms with Crippen molar-refractivity contribution in [1.82, 2.24) is 19.9 Å². The summed E-state index contributed by atoms with van der Waals surface area (Å²) in [6.07, 6.45) is 1.28. The number of nitrogens with zero attached hydrogens (tertiary/aromatic N) is 4. The molecular weight excluding hydrogens is 905 g/mol. The molecule has 0 fully saturated rings. The van der Waals surface area contributed by atoms with Crippen molar-refractivity contribution >= 4 is 16.7 Å². The number of benzene rings is 5. The second-order valence-corrected chi connectivity index (χ2v) is 17.8. The average molecular weight is 957 g/mol. The topological polar surface area (TPSA) is 93.2 Å². The maximum atomic E-state index is 8.40. The summed E-state index contributed by atoms with van der Waals surface area (Å²) in [4.78, 5) is 29.0. The van der Waals surface area contributed by atoms with Gasteiger partial charge in [0.15, 0.2) is 17.5 Å². The van der Waals surface area contributed by atoms with Crippen molar-refractivity contribution in [3.63, 3.8) is 0 Å². The molecule has 5 aromatic carbocycles. The fourth-order valence-electron chi connectivity index (χ4n) is 7.58. The molecule has 1 radical (unpaired) electrons. The van der Waals surface area contributed by atoms with E-state index in [0.717, 1.165) is 38.9 Å². The molecule has 0 spiro atoms. The molecule has 7 heteroatoms. The minimum atomic E-state index is -0.126. The maximum absolute atomic E-state index is 8.40. The van der Waals surface area contributed by atoms with Gasteiger partial charge in [0.1, 0.15) is 0 Å². The van der Waals surface area contributed by atoms with Crippen molar-refractivity contribution in [2.24, 2.45) is 0 Å². The Kier molecular flexibility index (Phi) is 12.1. The molecule has 6 nitrogen and oxygen atoms in total. The summed E-state index contributed by atoms with van der Waals surface area (Å²) < 4.78 is 0. The van der Waals surface area contributed by atoms with Gasteiger partial charge in [-0.15, -0.1) is 29.3 Å². The van der Waals surface area contributed by atoms with E-state index >= 15 is 0 Å². The largest absolute Gasteiger partial charge is 0.512 e. The SMILES string of the molecule is CC(=[OH+])/C=C(/C)O.CC(C)(C)c1ccc(-c2nc(-c3ccc(C(C)(C)C)cc3)nc(-c3cc(-c4[c-]cc5c(c4)C(C)(C)c4ccccc4-5)nc4ccccc34)n2)cc1.[Ir]. The molecular formula is C52H52IrN4O2. The van der Waals surface area contributed by atoms with E-state index in [0.29, 0.717) is 17.5 Å². The van der Waals surface area contributed by atoms with Crippen LogP contribution in [-0.2, 0) is 36.4 Å². The molecule has 0 amide bonds. The van der Waals surface area contributed by atoms with Crippen LogP contribution in [-0.4, -0.2) is 35.6 Å². The first-order valence-corrected chi connectivity index (χ1v) is 19.8. The van der Waals surface area contributed by atoms with Crippen molar-refractivity contribution in [1.29, 1.82) is 0 Å². The number of allylic oxidation sites excluding steroid dienone is 2. The third-order valence-electron chi connectivity index (χ3n) is 10.8. The summed E-state index contributed by atoms with van der Waals surface area (Å²) >= 11 is 0. The Balaban J connectivity index is 0.000000673. The number of ketones is 1. The van der Waals surface area contributed by atoms with Crippen molar-refractivity contribution in [3.8, 4) is 56.5 Å². The van der Waals surface area contributed by atoms with E-state index in [2.05, 4.69) is 165 Å². The van der Waals surface area contributed by atoms with E-state index < -0.39 is 0 Å². The fraction of sp³-hybridized carbons (Fsp3) is 0.250. The van der Waals surface area contributed by atoms with Crippen LogP contribution >= 0.6 is 0 Å². The average Bonchev–Trinajstić information content (AvgIpc) is 3.42. The van der Waals surface area contributed by atoms with E-state index in [1.807, 2.05) is 12.1 Å². The molecule has 0 unspecified atom stereocenters. The maximum Gasteiger partial charge on any atom is 0.316 e. The third-order valence-corrected chi connectivity index (χ3v) is 10.8. The molecule has 59 heavy (non-hydrogen) atoms. The Morgan fingerprint density at radius 1 is 0.627 bits per heavy atom. The first-order valence-electron chi connectivity index (χ1n) is 19.8. The summed E-state index contributed by atoms with van der Waals surface area (Å²) in [6.45, 7) is 21.0. The van der Waals surface area contributed by atoms with Gasteiger partial charge >= 0.3 is 5.78 Å². The molecule has 301 valence electrons. The minimum Gasteiger partial charge on any atom is -0.512 e. The van der Waals surface area contributed by atoms with Gasteiger partial charge in [-0.2, -0.15) is 0 Å². The van der Waals surface area contributed by atoms with Crippen LogP contribution in [0.2, 0.25) is 0 Å². The van der Waals surface area contributed by atoms with Crippen LogP contribution in [0.1, 0.15) is 91.5 Å². The molecule has 0 bridgehead atoms. The van der Waals surface area contributed by atoms with E-state index in [4.69, 9.17) is 29.8 Å². The van der Waals surface area contributed by atoms with Gasteiger partial charge in [0.2, 0.25) is 0 Å². The summed E-state index contributed by atoms with van der Waals surface area (Å²) in [5.41, 5.74) is 13.1. The Bertz CT molecular complexity index is 2620. The van der Waals surface area contributed by atoms with Crippen LogP contribution in [0.5, 0.6) is 0 Å². The second kappa shape index (κ2) is 16.6. The first-order chi connectivity index (χ1) is 27.4. The zero-order valence-electron chi connectivity index (χ0n) is 35.6. The molecule has 0 atom stereocenters. The number of carbonyl (C=O) groups excluding carboxylic acids is 1. The fourth-order valence-corrected chi connectivity index (χ4v) is 7.58. The number of aromatic nitrogens is 4. The zero-order chi connectivity index (χ0) is 41.6. The van der Waals surface area contributed by atoms with Crippen LogP contribution in [0.25, 0.3) is 67.5 Å². The number of fused-ring (bicyclic) bond motifs is 4. The Hall–Kier alpha value is -5.62. The van der Waals surface area contributed by atoms with Gasteiger partial charge in [-0.3, -0.25) is 9.78 Å². The summed E-state index contributed by atoms with van der Waals surface area (Å²) in [7, 11) is 0. The number of aliphatic hydroxyl groups is 1. The van der Waals surface area contributed by atoms with Crippen LogP contribution in [0.15, 0.2) is 127 Å². The van der Waals surface area contributed by atoms with Crippen LogP contribution in [0.3, 0.4) is 0 Å². The Morgan fingerprint density at radius 3 is 1.68 bits per heavy atom. The van der Waals surface area contributed by atoms with E-state index in [1.165, 1.54) is 53.3 Å². The number of pyridine rings is 1. The van der Waals surface area contributed by atoms with Gasteiger partial charge in [-0.05, 0) is 51.6 Å². The molecule has 0 saturated carbocycles. The first kappa shape index (κ1) is 43.0. The predicted octanol–water partition coefficient (Wildman–Crippen LogP) is 12.8. The molecule has 8 rings (SSSR count). The van der Waals surface area contributed by atoms with Gasteiger partial charge in [-0.25, -0.2) is 15.0 Å². The van der Waals surface area contributed by atoms with Gasteiger partial charge in [-0.1, -0.05) is 164 Å². The molecule has 7 aromatic rings. The van der Waals surface area contributed by atoms with E-state index in [1.54, 1.807) is 0 Å². The van der Waals surface area contributed by atoms with Gasteiger partial charge in [0.25, 0.3) is 0 Å². The Morgan fingerprint density at radius 2 is 1.15 bits per heavy atom. The summed E-state index contributed by atoms with van der Waals surface area (Å²) in [6, 6.07) is 44.3. The molecule has 2 aromatic heterocycles. The molecule has 1 aliphatic rings. The van der Waals surface area contributed by atoms with Crippen LogP contribution in [0.4, 0.5) is 0 Å². The number of rotatable bonds is 5. The van der Waals surface area contributed by atoms with Crippen LogP contribution < -0.4 is 0 Å². The Labute approximate surface area is 362 Å². The molecule has 2 N–H and O–H groups in total. The van der Waals surface area contributed by atoms with Crippen molar-refractivity contribution < 1.29 is 30.0 Å².